The Bertz CT molecular complexity index is 984. The molecule has 0 atom stereocenters. The number of halogens is 2. The molecule has 0 unspecified atom stereocenters. The average Bonchev–Trinajstić information content (AvgIpc) is 2.68. The molecule has 0 aliphatic heterocycles. The van der Waals surface area contributed by atoms with E-state index in [0.717, 1.165) is 42.2 Å². The molecule has 0 bridgehead atoms. The van der Waals surface area contributed by atoms with Crippen molar-refractivity contribution in [3.8, 4) is 0 Å². The molecule has 0 aromatic heterocycles. The topological polar surface area (TPSA) is 34.0 Å². The molecule has 2 aromatic carbocycles. The second-order valence-electron chi connectivity index (χ2n) is 9.86. The van der Waals surface area contributed by atoms with Crippen LogP contribution in [0.4, 0.5) is 11.4 Å². The van der Waals surface area contributed by atoms with E-state index in [9.17, 15) is 0 Å². The molecule has 0 aliphatic carbocycles. The van der Waals surface area contributed by atoms with Crippen LogP contribution in [0.2, 0.25) is 19.6 Å². The van der Waals surface area contributed by atoms with Gasteiger partial charge in [-0.2, -0.15) is 0 Å². The van der Waals surface area contributed by atoms with Crippen LogP contribution in [-0.2, 0) is 15.3 Å². The first-order chi connectivity index (χ1) is 15.8. The molecule has 34 heavy (non-hydrogen) atoms. The van der Waals surface area contributed by atoms with Gasteiger partial charge in [0.05, 0.1) is 22.8 Å². The average molecular weight is 655 g/mol. The van der Waals surface area contributed by atoms with Crippen molar-refractivity contribution in [1.82, 2.24) is 0 Å². The molecule has 192 valence electrons. The second kappa shape index (κ2) is 14.8. The monoisotopic (exact) mass is 652 g/mol. The molecule has 0 heterocycles. The van der Waals surface area contributed by atoms with Gasteiger partial charge in [0.1, 0.15) is 0 Å². The maximum atomic E-state index is 6.09. The normalized spacial score (nSPS) is 12.6. The van der Waals surface area contributed by atoms with Crippen LogP contribution in [0, 0.1) is 41.5 Å². The molecule has 0 N–H and O–H groups in total. The zero-order chi connectivity index (χ0) is 26.1. The van der Waals surface area contributed by atoms with Crippen molar-refractivity contribution in [2.24, 2.45) is 9.98 Å². The predicted molar refractivity (Wildman–Crippen MR) is 158 cm³/mol. The van der Waals surface area contributed by atoms with E-state index >= 15 is 0 Å². The number of benzene rings is 2. The van der Waals surface area contributed by atoms with Crippen molar-refractivity contribution >= 4 is 59.6 Å². The summed E-state index contributed by atoms with van der Waals surface area (Å²) in [5, 5.41) is 0. The zero-order valence-electron chi connectivity index (χ0n) is 22.3. The van der Waals surface area contributed by atoms with E-state index in [0.29, 0.717) is 0 Å². The van der Waals surface area contributed by atoms with E-state index < -0.39 is 8.32 Å². The van der Waals surface area contributed by atoms with Gasteiger partial charge < -0.3 is 4.43 Å². The molecule has 0 radical (unpaired) electrons. The van der Waals surface area contributed by atoms with E-state index in [4.69, 9.17) is 14.4 Å². The molecular formula is C27H40Br2N2NiOSi. The van der Waals surface area contributed by atoms with Crippen molar-refractivity contribution in [1.29, 1.82) is 0 Å². The summed E-state index contributed by atoms with van der Waals surface area (Å²) in [6, 6.07) is 8.81. The summed E-state index contributed by atoms with van der Waals surface area (Å²) in [6.07, 6.45) is 1.81. The Morgan fingerprint density at radius 2 is 1.18 bits per heavy atom. The second-order valence-corrected chi connectivity index (χ2v) is 19.4. The summed E-state index contributed by atoms with van der Waals surface area (Å²) in [4.78, 5) is 10.2. The molecule has 0 saturated carbocycles. The van der Waals surface area contributed by atoms with Gasteiger partial charge in [-0.25, -0.2) is 0 Å². The zero-order valence-corrected chi connectivity index (χ0v) is 27.5. The van der Waals surface area contributed by atoms with Gasteiger partial charge in [-0.3, -0.25) is 9.98 Å². The third-order valence-corrected chi connectivity index (χ3v) is 6.38. The van der Waals surface area contributed by atoms with Crippen molar-refractivity contribution in [3.63, 3.8) is 0 Å². The Morgan fingerprint density at radius 1 is 0.794 bits per heavy atom. The Kier molecular flexibility index (Phi) is 13.7. The number of aryl methyl sites for hydroxylation is 6. The van der Waals surface area contributed by atoms with Crippen LogP contribution in [0.5, 0.6) is 0 Å². The van der Waals surface area contributed by atoms with Gasteiger partial charge in [-0.05, 0) is 103 Å². The van der Waals surface area contributed by atoms with E-state index in [1.807, 2.05) is 0 Å². The van der Waals surface area contributed by atoms with Crippen molar-refractivity contribution < 1.29 is 15.3 Å². The van der Waals surface area contributed by atoms with Crippen LogP contribution < -0.4 is 0 Å². The Balaban J connectivity index is 0.00000182. The summed E-state index contributed by atoms with van der Waals surface area (Å²) in [5.74, 6) is 0. The standard InChI is InChI=1S/C27H40N2OSi.2BrH.Ni/c1-18-14-20(3)26(21(4)15-18)28-24(7)25(12-11-13-30-31(8,9)10)29-27-22(5)16-19(2)17-23(27)6;;;/h14-17H,11-13H2,1-10H3;2*1H;/q;;;+2/p-2. The molecule has 0 aliphatic rings. The summed E-state index contributed by atoms with van der Waals surface area (Å²) in [7, 11) is -0.256. The van der Waals surface area contributed by atoms with Gasteiger partial charge in [0.25, 0.3) is 0 Å². The summed E-state index contributed by atoms with van der Waals surface area (Å²) >= 11 is 6.00. The first-order valence-corrected chi connectivity index (χ1v) is 19.8. The van der Waals surface area contributed by atoms with Gasteiger partial charge in [0.15, 0.2) is 8.32 Å². The van der Waals surface area contributed by atoms with Gasteiger partial charge >= 0.3 is 39.3 Å². The fourth-order valence-corrected chi connectivity index (χ4v) is 4.76. The van der Waals surface area contributed by atoms with E-state index in [1.54, 1.807) is 0 Å². The molecular weight excluding hydrogens is 615 g/mol. The fourth-order valence-electron chi connectivity index (χ4n) is 4.00. The third kappa shape index (κ3) is 11.0. The number of rotatable bonds is 8. The van der Waals surface area contributed by atoms with Crippen LogP contribution in [-0.4, -0.2) is 26.3 Å². The minimum absolute atomic E-state index is 0.774. The number of hydrogen-bond acceptors (Lipinski definition) is 3. The fraction of sp³-hybridized carbons (Fsp3) is 0.481. The predicted octanol–water partition coefficient (Wildman–Crippen LogP) is 9.72. The molecule has 0 spiro atoms. The first kappa shape index (κ1) is 31.4. The van der Waals surface area contributed by atoms with E-state index in [2.05, 4.69) is 121 Å². The quantitative estimate of drug-likeness (QED) is 0.159. The minimum atomic E-state index is -1.51. The van der Waals surface area contributed by atoms with Gasteiger partial charge in [0, 0.05) is 6.61 Å². The summed E-state index contributed by atoms with van der Waals surface area (Å²) in [6.45, 7) is 22.4. The van der Waals surface area contributed by atoms with Crippen LogP contribution in [0.15, 0.2) is 34.3 Å². The maximum absolute atomic E-state index is 6.09. The van der Waals surface area contributed by atoms with Crippen molar-refractivity contribution in [2.45, 2.75) is 80.9 Å². The number of nitrogens with zero attached hydrogens (tertiary/aromatic N) is 2. The van der Waals surface area contributed by atoms with Crippen LogP contribution in [0.25, 0.3) is 0 Å². The summed E-state index contributed by atoms with van der Waals surface area (Å²) < 4.78 is 6.09. The first-order valence-electron chi connectivity index (χ1n) is 11.5. The molecule has 7 heteroatoms. The molecule has 2 rings (SSSR count). The van der Waals surface area contributed by atoms with E-state index in [1.165, 1.54) is 44.3 Å². The summed E-state index contributed by atoms with van der Waals surface area (Å²) in [5.41, 5.74) is 11.6. The Hall–Kier alpha value is -0.590. The SMILES string of the molecule is CC(=Nc1c(C)cc(C)cc1C)C(CCCO[Si](C)(C)C)=Nc1c(C)cc(C)cc1C.[Br][Ni][Br]. The Morgan fingerprint density at radius 3 is 1.56 bits per heavy atom. The molecule has 0 fully saturated rings. The number of aliphatic imine (C=N–C) groups is 2. The molecule has 2 aromatic rings. The van der Waals surface area contributed by atoms with Crippen molar-refractivity contribution in [3.05, 3.63) is 57.6 Å². The molecule has 3 nitrogen and oxygen atoms in total. The van der Waals surface area contributed by atoms with Gasteiger partial charge in [-0.1, -0.05) is 35.4 Å². The van der Waals surface area contributed by atoms with Crippen LogP contribution in [0.1, 0.15) is 53.1 Å². The van der Waals surface area contributed by atoms with Crippen LogP contribution >= 0.6 is 28.5 Å². The van der Waals surface area contributed by atoms with Crippen LogP contribution in [0.3, 0.4) is 0 Å². The molecule has 0 amide bonds. The number of hydrogen-bond donors (Lipinski definition) is 0. The van der Waals surface area contributed by atoms with Gasteiger partial charge in [-0.15, -0.1) is 0 Å². The molecule has 0 saturated heterocycles. The van der Waals surface area contributed by atoms with Crippen molar-refractivity contribution in [2.75, 3.05) is 6.61 Å². The third-order valence-electron chi connectivity index (χ3n) is 5.31. The van der Waals surface area contributed by atoms with Gasteiger partial charge in [0.2, 0.25) is 0 Å². The Labute approximate surface area is 228 Å². The van der Waals surface area contributed by atoms with E-state index in [-0.39, 0.29) is 0 Å².